The molecule has 7 heteroatoms. The van der Waals surface area contributed by atoms with Gasteiger partial charge < -0.3 is 4.90 Å². The van der Waals surface area contributed by atoms with Gasteiger partial charge in [-0.3, -0.25) is 14.8 Å². The van der Waals surface area contributed by atoms with Crippen molar-refractivity contribution >= 4 is 11.6 Å². The second-order valence-electron chi connectivity index (χ2n) is 5.77. The minimum Gasteiger partial charge on any atom is -0.356 e. The summed E-state index contributed by atoms with van der Waals surface area (Å²) >= 11 is 0. The fourth-order valence-corrected chi connectivity index (χ4v) is 2.76. The van der Waals surface area contributed by atoms with Crippen LogP contribution in [-0.4, -0.2) is 43.8 Å². The molecule has 3 aromatic heterocycles. The van der Waals surface area contributed by atoms with E-state index in [1.165, 1.54) is 0 Å². The fraction of sp³-hybridized carbons (Fsp3) is 0.222. The summed E-state index contributed by atoms with van der Waals surface area (Å²) in [6, 6.07) is 7.61. The topological polar surface area (TPSA) is 84.8 Å². The zero-order valence-electron chi connectivity index (χ0n) is 13.5. The van der Waals surface area contributed by atoms with Crippen LogP contribution in [0.3, 0.4) is 0 Å². The summed E-state index contributed by atoms with van der Waals surface area (Å²) in [4.78, 5) is 35.7. The van der Waals surface area contributed by atoms with Crippen molar-refractivity contribution < 1.29 is 4.79 Å². The summed E-state index contributed by atoms with van der Waals surface area (Å²) in [5.74, 6) is 1.58. The van der Waals surface area contributed by atoms with Crippen LogP contribution in [0.2, 0.25) is 0 Å². The van der Waals surface area contributed by atoms with E-state index in [9.17, 15) is 4.79 Å². The Balaban J connectivity index is 1.79. The average molecular weight is 332 g/mol. The van der Waals surface area contributed by atoms with Gasteiger partial charge >= 0.3 is 0 Å². The molecule has 0 atom stereocenters. The zero-order valence-corrected chi connectivity index (χ0v) is 13.5. The van der Waals surface area contributed by atoms with Gasteiger partial charge in [0.05, 0.1) is 17.6 Å². The lowest BCUT2D eigenvalue weighted by Crippen LogP contribution is -2.34. The predicted molar refractivity (Wildman–Crippen MR) is 92.7 cm³/mol. The van der Waals surface area contributed by atoms with E-state index in [0.717, 1.165) is 17.2 Å². The summed E-state index contributed by atoms with van der Waals surface area (Å²) in [5.41, 5.74) is 2.10. The van der Waals surface area contributed by atoms with E-state index >= 15 is 0 Å². The number of Topliss-reactive ketones (excluding diaryl/α,β-unsaturated/α-hetero) is 1. The molecule has 4 rings (SSSR count). The molecule has 1 saturated heterocycles. The molecular formula is C18H16N6O. The van der Waals surface area contributed by atoms with E-state index in [4.69, 9.17) is 0 Å². The molecule has 25 heavy (non-hydrogen) atoms. The molecule has 1 fully saturated rings. The van der Waals surface area contributed by atoms with Crippen LogP contribution in [0, 0.1) is 0 Å². The quantitative estimate of drug-likeness (QED) is 0.726. The number of pyridine rings is 1. The first-order chi connectivity index (χ1) is 12.3. The molecule has 124 valence electrons. The molecule has 1 aliphatic rings. The molecule has 0 aliphatic carbocycles. The number of rotatable bonds is 3. The van der Waals surface area contributed by atoms with E-state index in [-0.39, 0.29) is 0 Å². The van der Waals surface area contributed by atoms with Crippen LogP contribution in [0.25, 0.3) is 22.9 Å². The third-order valence-electron chi connectivity index (χ3n) is 4.08. The van der Waals surface area contributed by atoms with Crippen molar-refractivity contribution in [1.82, 2.24) is 24.9 Å². The highest BCUT2D eigenvalue weighted by molar-refractivity contribution is 5.81. The SMILES string of the molecule is O=C1CCN(c2cc(-c3ccccn3)nc(-c3cnccn3)n2)CC1. The van der Waals surface area contributed by atoms with Crippen LogP contribution in [0.1, 0.15) is 12.8 Å². The van der Waals surface area contributed by atoms with Crippen LogP contribution >= 0.6 is 0 Å². The number of carbonyl (C=O) groups is 1. The van der Waals surface area contributed by atoms with E-state index in [1.54, 1.807) is 24.8 Å². The van der Waals surface area contributed by atoms with Gasteiger partial charge in [-0.1, -0.05) is 6.07 Å². The molecule has 0 spiro atoms. The Hall–Kier alpha value is -3.22. The van der Waals surface area contributed by atoms with Crippen molar-refractivity contribution in [1.29, 1.82) is 0 Å². The van der Waals surface area contributed by atoms with Crippen molar-refractivity contribution in [2.24, 2.45) is 0 Å². The lowest BCUT2D eigenvalue weighted by molar-refractivity contribution is -0.119. The molecule has 0 bridgehead atoms. The summed E-state index contributed by atoms with van der Waals surface area (Å²) < 4.78 is 0. The Labute approximate surface area is 144 Å². The predicted octanol–water partition coefficient (Wildman–Crippen LogP) is 2.16. The molecule has 0 N–H and O–H groups in total. The third-order valence-corrected chi connectivity index (χ3v) is 4.08. The van der Waals surface area contributed by atoms with Crippen LogP contribution in [0.15, 0.2) is 49.1 Å². The zero-order chi connectivity index (χ0) is 17.1. The summed E-state index contributed by atoms with van der Waals surface area (Å²) in [6.07, 6.45) is 7.70. The average Bonchev–Trinajstić information content (AvgIpc) is 2.69. The number of anilines is 1. The maximum Gasteiger partial charge on any atom is 0.182 e. The number of ketones is 1. The smallest absolute Gasteiger partial charge is 0.182 e. The lowest BCUT2D eigenvalue weighted by Gasteiger charge is -2.27. The first-order valence-corrected chi connectivity index (χ1v) is 8.13. The standard InChI is InChI=1S/C18H16N6O/c25-13-4-9-24(10-5-13)17-11-15(14-3-1-2-6-20-14)22-18(23-17)16-12-19-7-8-21-16/h1-3,6-8,11-12H,4-5,9-10H2. The molecule has 1 aliphatic heterocycles. The number of hydrogen-bond donors (Lipinski definition) is 0. The van der Waals surface area contributed by atoms with Crippen molar-refractivity contribution in [3.8, 4) is 22.9 Å². The minimum absolute atomic E-state index is 0.296. The molecular weight excluding hydrogens is 316 g/mol. The number of nitrogens with zero attached hydrogens (tertiary/aromatic N) is 6. The van der Waals surface area contributed by atoms with Gasteiger partial charge in [-0.05, 0) is 12.1 Å². The van der Waals surface area contributed by atoms with Crippen molar-refractivity contribution in [2.75, 3.05) is 18.0 Å². The molecule has 0 saturated carbocycles. The lowest BCUT2D eigenvalue weighted by atomic mass is 10.1. The highest BCUT2D eigenvalue weighted by Gasteiger charge is 2.20. The van der Waals surface area contributed by atoms with Gasteiger partial charge in [-0.15, -0.1) is 0 Å². The Kier molecular flexibility index (Phi) is 4.12. The van der Waals surface area contributed by atoms with Gasteiger partial charge in [-0.25, -0.2) is 15.0 Å². The molecule has 7 nitrogen and oxygen atoms in total. The van der Waals surface area contributed by atoms with E-state index < -0.39 is 0 Å². The molecule has 4 heterocycles. The third kappa shape index (κ3) is 3.35. The molecule has 0 aromatic carbocycles. The largest absolute Gasteiger partial charge is 0.356 e. The van der Waals surface area contributed by atoms with Crippen molar-refractivity contribution in [2.45, 2.75) is 12.8 Å². The van der Waals surface area contributed by atoms with Gasteiger partial charge in [0.2, 0.25) is 0 Å². The Morgan fingerprint density at radius 1 is 0.880 bits per heavy atom. The number of piperidine rings is 1. The second kappa shape index (κ2) is 6.72. The van der Waals surface area contributed by atoms with Crippen LogP contribution in [0.4, 0.5) is 5.82 Å². The van der Waals surface area contributed by atoms with Crippen LogP contribution in [0.5, 0.6) is 0 Å². The number of hydrogen-bond acceptors (Lipinski definition) is 7. The summed E-state index contributed by atoms with van der Waals surface area (Å²) in [5, 5.41) is 0. The van der Waals surface area contributed by atoms with Crippen LogP contribution < -0.4 is 4.90 Å². The summed E-state index contributed by atoms with van der Waals surface area (Å²) in [6.45, 7) is 1.33. The molecule has 0 amide bonds. The van der Waals surface area contributed by atoms with Gasteiger partial charge in [0.1, 0.15) is 17.3 Å². The first kappa shape index (κ1) is 15.3. The molecule has 0 unspecified atom stereocenters. The molecule has 0 radical (unpaired) electrons. The maximum atomic E-state index is 11.5. The van der Waals surface area contributed by atoms with Crippen molar-refractivity contribution in [3.63, 3.8) is 0 Å². The minimum atomic E-state index is 0.296. The normalized spacial score (nSPS) is 14.6. The number of aromatic nitrogens is 5. The monoisotopic (exact) mass is 332 g/mol. The van der Waals surface area contributed by atoms with Gasteiger partial charge in [0, 0.05) is 50.6 Å². The van der Waals surface area contributed by atoms with Crippen LogP contribution in [-0.2, 0) is 4.79 Å². The summed E-state index contributed by atoms with van der Waals surface area (Å²) in [7, 11) is 0. The van der Waals surface area contributed by atoms with Gasteiger partial charge in [0.15, 0.2) is 5.82 Å². The van der Waals surface area contributed by atoms with Crippen molar-refractivity contribution in [3.05, 3.63) is 49.1 Å². The maximum absolute atomic E-state index is 11.5. The van der Waals surface area contributed by atoms with E-state index in [1.807, 2.05) is 24.3 Å². The first-order valence-electron chi connectivity index (χ1n) is 8.13. The number of carbonyl (C=O) groups excluding carboxylic acids is 1. The van der Waals surface area contributed by atoms with E-state index in [0.29, 0.717) is 43.2 Å². The van der Waals surface area contributed by atoms with Gasteiger partial charge in [0.25, 0.3) is 0 Å². The van der Waals surface area contributed by atoms with E-state index in [2.05, 4.69) is 29.8 Å². The van der Waals surface area contributed by atoms with Gasteiger partial charge in [-0.2, -0.15) is 0 Å². The fourth-order valence-electron chi connectivity index (χ4n) is 2.76. The highest BCUT2D eigenvalue weighted by atomic mass is 16.1. The second-order valence-corrected chi connectivity index (χ2v) is 5.77. The highest BCUT2D eigenvalue weighted by Crippen LogP contribution is 2.25. The molecule has 3 aromatic rings. The Morgan fingerprint density at radius 3 is 2.44 bits per heavy atom. The Bertz CT molecular complexity index is 817. The Morgan fingerprint density at radius 2 is 1.72 bits per heavy atom.